The van der Waals surface area contributed by atoms with Crippen molar-refractivity contribution in [3.63, 3.8) is 0 Å². The Labute approximate surface area is 183 Å². The molecule has 0 bridgehead atoms. The molecule has 3 N–H and O–H groups in total. The van der Waals surface area contributed by atoms with Crippen molar-refractivity contribution in [3.8, 4) is 5.75 Å². The van der Waals surface area contributed by atoms with Crippen LogP contribution in [0.4, 0.5) is 10.1 Å². The molecule has 1 aromatic heterocycles. The smallest absolute Gasteiger partial charge is 0.291 e. The van der Waals surface area contributed by atoms with Gasteiger partial charge in [0.05, 0.1) is 19.1 Å². The maximum Gasteiger partial charge on any atom is 0.291 e. The van der Waals surface area contributed by atoms with Gasteiger partial charge in [-0.1, -0.05) is 0 Å². The first-order valence-electron chi connectivity index (χ1n) is 9.93. The first kappa shape index (κ1) is 21.4. The molecule has 3 aromatic rings. The first-order chi connectivity index (χ1) is 15.1. The number of aryl methyl sites for hydroxylation is 1. The Balaban J connectivity index is 1.67. The van der Waals surface area contributed by atoms with Crippen molar-refractivity contribution in [2.24, 2.45) is 10.7 Å². The fourth-order valence-corrected chi connectivity index (χ4v) is 3.81. The number of ether oxygens (including phenoxy) is 1. The zero-order chi connectivity index (χ0) is 23.2. The number of nitrogens with two attached hydrogens (primary N) is 1. The minimum atomic E-state index is -1.19. The van der Waals surface area contributed by atoms with Gasteiger partial charge < -0.3 is 20.2 Å². The molecular weight excluding hydrogens is 415 g/mol. The molecule has 1 aliphatic rings. The van der Waals surface area contributed by atoms with Crippen LogP contribution in [0, 0.1) is 12.7 Å². The molecule has 166 valence electrons. The number of nitrogens with one attached hydrogen (secondary N) is 1. The molecule has 2 aromatic carbocycles. The highest BCUT2D eigenvalue weighted by atomic mass is 19.1. The van der Waals surface area contributed by atoms with Crippen LogP contribution in [0.25, 0.3) is 11.0 Å². The van der Waals surface area contributed by atoms with Gasteiger partial charge in [0, 0.05) is 29.2 Å². The highest BCUT2D eigenvalue weighted by molar-refractivity contribution is 6.06. The van der Waals surface area contributed by atoms with Crippen molar-refractivity contribution in [3.05, 3.63) is 59.1 Å². The molecule has 0 saturated heterocycles. The standard InChI is InChI=1S/C23H23FN4O4/c1-12-15-10-14(31-4)6-8-18(15)32-20(12)21(30)26-13-5-7-17(24)16(9-13)23(2)11-19(29)28(3)22(25)27-23/h5-10H,11H2,1-4H3,(H2,25,27)(H,26,30). The minimum Gasteiger partial charge on any atom is -0.497 e. The maximum absolute atomic E-state index is 14.7. The van der Waals surface area contributed by atoms with Gasteiger partial charge in [0.25, 0.3) is 5.91 Å². The van der Waals surface area contributed by atoms with Crippen LogP contribution in [0.1, 0.15) is 35.0 Å². The SMILES string of the molecule is COc1ccc2oc(C(=O)Nc3ccc(F)c(C4(C)CC(=O)N(C)C(N)=N4)c3)c(C)c2c1. The number of rotatable bonds is 4. The van der Waals surface area contributed by atoms with E-state index in [0.717, 1.165) is 5.39 Å². The van der Waals surface area contributed by atoms with Crippen molar-refractivity contribution in [2.45, 2.75) is 25.8 Å². The van der Waals surface area contributed by atoms with E-state index in [9.17, 15) is 14.0 Å². The Morgan fingerprint density at radius 3 is 2.75 bits per heavy atom. The number of carbonyl (C=O) groups excluding carboxylic acids is 2. The lowest BCUT2D eigenvalue weighted by Crippen LogP contribution is -2.47. The zero-order valence-electron chi connectivity index (χ0n) is 18.2. The predicted molar refractivity (Wildman–Crippen MR) is 118 cm³/mol. The normalized spacial score (nSPS) is 18.6. The van der Waals surface area contributed by atoms with Crippen molar-refractivity contribution >= 4 is 34.4 Å². The lowest BCUT2D eigenvalue weighted by atomic mass is 9.87. The Morgan fingerprint density at radius 1 is 1.31 bits per heavy atom. The molecule has 0 spiro atoms. The lowest BCUT2D eigenvalue weighted by Gasteiger charge is -2.34. The number of nitrogens with zero attached hydrogens (tertiary/aromatic N) is 2. The van der Waals surface area contributed by atoms with E-state index in [4.69, 9.17) is 14.9 Å². The van der Waals surface area contributed by atoms with Gasteiger partial charge in [-0.15, -0.1) is 0 Å². The number of anilines is 1. The summed E-state index contributed by atoms with van der Waals surface area (Å²) in [5.74, 6) is -0.512. The Hall–Kier alpha value is -3.88. The van der Waals surface area contributed by atoms with Gasteiger partial charge in [-0.3, -0.25) is 14.5 Å². The van der Waals surface area contributed by atoms with Crippen LogP contribution < -0.4 is 15.8 Å². The average Bonchev–Trinajstić information content (AvgIpc) is 3.09. The molecule has 1 unspecified atom stereocenters. The topological polar surface area (TPSA) is 110 Å². The minimum absolute atomic E-state index is 0.00548. The molecule has 4 rings (SSSR count). The molecule has 8 nitrogen and oxygen atoms in total. The van der Waals surface area contributed by atoms with Crippen molar-refractivity contribution in [1.82, 2.24) is 4.90 Å². The molecule has 2 amide bonds. The van der Waals surface area contributed by atoms with E-state index in [1.54, 1.807) is 39.2 Å². The zero-order valence-corrected chi connectivity index (χ0v) is 18.2. The van der Waals surface area contributed by atoms with Crippen LogP contribution in [-0.4, -0.2) is 36.8 Å². The van der Waals surface area contributed by atoms with Gasteiger partial charge in [0.1, 0.15) is 17.1 Å². The summed E-state index contributed by atoms with van der Waals surface area (Å²) in [5, 5.41) is 3.50. The Morgan fingerprint density at radius 2 is 2.06 bits per heavy atom. The highest BCUT2D eigenvalue weighted by Crippen LogP contribution is 2.36. The molecule has 2 heterocycles. The number of fused-ring (bicyclic) bond motifs is 1. The molecule has 1 atom stereocenters. The van der Waals surface area contributed by atoms with Gasteiger partial charge >= 0.3 is 0 Å². The second-order valence-corrected chi connectivity index (χ2v) is 7.94. The Kier molecular flexibility index (Phi) is 5.12. The van der Waals surface area contributed by atoms with Crippen molar-refractivity contribution in [2.75, 3.05) is 19.5 Å². The van der Waals surface area contributed by atoms with Crippen molar-refractivity contribution < 1.29 is 23.1 Å². The van der Waals surface area contributed by atoms with Crippen LogP contribution in [0.15, 0.2) is 45.8 Å². The quantitative estimate of drug-likeness (QED) is 0.648. The van der Waals surface area contributed by atoms with Gasteiger partial charge in [-0.25, -0.2) is 9.38 Å². The van der Waals surface area contributed by atoms with Gasteiger partial charge in [-0.2, -0.15) is 0 Å². The lowest BCUT2D eigenvalue weighted by molar-refractivity contribution is -0.128. The maximum atomic E-state index is 14.7. The largest absolute Gasteiger partial charge is 0.497 e. The highest BCUT2D eigenvalue weighted by Gasteiger charge is 2.38. The third-order valence-corrected chi connectivity index (χ3v) is 5.73. The van der Waals surface area contributed by atoms with Crippen molar-refractivity contribution in [1.29, 1.82) is 0 Å². The molecule has 32 heavy (non-hydrogen) atoms. The molecule has 0 fully saturated rings. The van der Waals surface area contributed by atoms with Crippen LogP contribution in [0.2, 0.25) is 0 Å². The van der Waals surface area contributed by atoms with Crippen LogP contribution in [-0.2, 0) is 10.3 Å². The monoisotopic (exact) mass is 438 g/mol. The number of aliphatic imine (C=N–C) groups is 1. The predicted octanol–water partition coefficient (Wildman–Crippen LogP) is 3.53. The number of amides is 2. The number of benzene rings is 2. The number of methoxy groups -OCH3 is 1. The Bertz CT molecular complexity index is 1280. The summed E-state index contributed by atoms with van der Waals surface area (Å²) >= 11 is 0. The summed E-state index contributed by atoms with van der Waals surface area (Å²) in [6.07, 6.45) is -0.0525. The number of guanidine groups is 1. The summed E-state index contributed by atoms with van der Waals surface area (Å²) in [7, 11) is 3.07. The van der Waals surface area contributed by atoms with E-state index in [1.807, 2.05) is 0 Å². The molecule has 0 aliphatic carbocycles. The summed E-state index contributed by atoms with van der Waals surface area (Å²) in [5.41, 5.74) is 6.36. The van der Waals surface area contributed by atoms with Crippen LogP contribution in [0.5, 0.6) is 5.75 Å². The second kappa shape index (κ2) is 7.67. The molecule has 0 radical (unpaired) electrons. The van der Waals surface area contributed by atoms with E-state index < -0.39 is 17.3 Å². The number of carbonyl (C=O) groups is 2. The first-order valence-corrected chi connectivity index (χ1v) is 9.93. The van der Waals surface area contributed by atoms with E-state index in [2.05, 4.69) is 10.3 Å². The van der Waals surface area contributed by atoms with Gasteiger partial charge in [0.15, 0.2) is 11.7 Å². The van der Waals surface area contributed by atoms with E-state index in [-0.39, 0.29) is 29.6 Å². The number of furan rings is 1. The number of hydrogen-bond donors (Lipinski definition) is 2. The molecular formula is C23H23FN4O4. The molecule has 1 aliphatic heterocycles. The second-order valence-electron chi connectivity index (χ2n) is 7.94. The summed E-state index contributed by atoms with van der Waals surface area (Å²) < 4.78 is 25.7. The van der Waals surface area contributed by atoms with E-state index in [1.165, 1.54) is 30.1 Å². The third kappa shape index (κ3) is 3.55. The summed E-state index contributed by atoms with van der Waals surface area (Å²) in [6.45, 7) is 3.41. The fourth-order valence-electron chi connectivity index (χ4n) is 3.81. The number of halogens is 1. The van der Waals surface area contributed by atoms with Crippen LogP contribution in [0.3, 0.4) is 0 Å². The number of hydrogen-bond acceptors (Lipinski definition) is 6. The average molecular weight is 438 g/mol. The third-order valence-electron chi connectivity index (χ3n) is 5.73. The summed E-state index contributed by atoms with van der Waals surface area (Å²) in [6, 6.07) is 9.39. The summed E-state index contributed by atoms with van der Waals surface area (Å²) in [4.78, 5) is 30.8. The van der Waals surface area contributed by atoms with Crippen LogP contribution >= 0.6 is 0 Å². The van der Waals surface area contributed by atoms with Gasteiger partial charge in [0.2, 0.25) is 5.91 Å². The fraction of sp³-hybridized carbons (Fsp3) is 0.261. The van der Waals surface area contributed by atoms with E-state index >= 15 is 0 Å². The molecule has 9 heteroatoms. The molecule has 0 saturated carbocycles. The van der Waals surface area contributed by atoms with E-state index in [0.29, 0.717) is 22.6 Å². The van der Waals surface area contributed by atoms with Gasteiger partial charge in [-0.05, 0) is 50.2 Å².